The van der Waals surface area contributed by atoms with E-state index < -0.39 is 21.7 Å². The molecule has 136 valence electrons. The van der Waals surface area contributed by atoms with Crippen LogP contribution in [0.2, 0.25) is 0 Å². The van der Waals surface area contributed by atoms with Crippen LogP contribution < -0.4 is 5.76 Å². The zero-order chi connectivity index (χ0) is 18.2. The van der Waals surface area contributed by atoms with Crippen molar-refractivity contribution in [3.05, 3.63) is 28.7 Å². The van der Waals surface area contributed by atoms with Gasteiger partial charge in [0.1, 0.15) is 6.54 Å². The highest BCUT2D eigenvalue weighted by atomic mass is 32.2. The molecule has 0 spiro atoms. The Balaban J connectivity index is 2.02. The van der Waals surface area contributed by atoms with Crippen molar-refractivity contribution in [2.24, 2.45) is 0 Å². The largest absolute Gasteiger partial charge is 0.468 e. The van der Waals surface area contributed by atoms with Crippen LogP contribution in [0.15, 0.2) is 32.3 Å². The minimum Gasteiger partial charge on any atom is -0.468 e. The number of fused-ring (bicyclic) bond motifs is 1. The lowest BCUT2D eigenvalue weighted by Gasteiger charge is -2.32. The Labute approximate surface area is 145 Å². The molecule has 1 aliphatic rings. The minimum absolute atomic E-state index is 0.0645. The standard InChI is InChI=1S/C16H20N2O6S/c1-11-5-3-4-8-18(11)25(21,22)12-6-7-13-14(9-12)24-16(20)17(13)10-15(19)23-2/h6-7,9,11H,3-5,8,10H2,1-2H3. The lowest BCUT2D eigenvalue weighted by atomic mass is 10.1. The number of sulfonamides is 1. The lowest BCUT2D eigenvalue weighted by Crippen LogP contribution is -2.41. The molecular weight excluding hydrogens is 348 g/mol. The van der Waals surface area contributed by atoms with Gasteiger partial charge in [0, 0.05) is 18.7 Å². The van der Waals surface area contributed by atoms with Crippen LogP contribution in [0.3, 0.4) is 0 Å². The summed E-state index contributed by atoms with van der Waals surface area (Å²) in [6, 6.07) is 4.18. The monoisotopic (exact) mass is 368 g/mol. The summed E-state index contributed by atoms with van der Waals surface area (Å²) in [6.07, 6.45) is 2.67. The first kappa shape index (κ1) is 17.7. The lowest BCUT2D eigenvalue weighted by molar-refractivity contribution is -0.141. The van der Waals surface area contributed by atoms with E-state index in [2.05, 4.69) is 4.74 Å². The minimum atomic E-state index is -3.66. The number of hydrogen-bond donors (Lipinski definition) is 0. The van der Waals surface area contributed by atoms with E-state index in [1.165, 1.54) is 29.6 Å². The summed E-state index contributed by atoms with van der Waals surface area (Å²) < 4.78 is 38.0. The Kier molecular flexibility index (Phi) is 4.70. The van der Waals surface area contributed by atoms with Crippen LogP contribution >= 0.6 is 0 Å². The van der Waals surface area contributed by atoms with Crippen molar-refractivity contribution in [3.63, 3.8) is 0 Å². The number of rotatable bonds is 4. The summed E-state index contributed by atoms with van der Waals surface area (Å²) >= 11 is 0. The van der Waals surface area contributed by atoms with Gasteiger partial charge in [-0.05, 0) is 31.9 Å². The Hall–Kier alpha value is -2.13. The van der Waals surface area contributed by atoms with Crippen LogP contribution in [0.25, 0.3) is 11.1 Å². The van der Waals surface area contributed by atoms with E-state index in [1.807, 2.05) is 6.92 Å². The molecule has 1 saturated heterocycles. The Morgan fingerprint density at radius 3 is 2.80 bits per heavy atom. The number of hydrogen-bond acceptors (Lipinski definition) is 6. The van der Waals surface area contributed by atoms with E-state index in [4.69, 9.17) is 4.42 Å². The van der Waals surface area contributed by atoms with Crippen LogP contribution in [-0.2, 0) is 26.1 Å². The second kappa shape index (κ2) is 6.64. The maximum atomic E-state index is 12.9. The number of benzene rings is 1. The molecule has 0 bridgehead atoms. The molecule has 3 rings (SSSR count). The molecule has 0 radical (unpaired) electrons. The number of nitrogens with zero attached hydrogens (tertiary/aromatic N) is 2. The number of piperidine rings is 1. The maximum absolute atomic E-state index is 12.9. The third-order valence-electron chi connectivity index (χ3n) is 4.50. The van der Waals surface area contributed by atoms with Gasteiger partial charge >= 0.3 is 11.7 Å². The van der Waals surface area contributed by atoms with Gasteiger partial charge in [-0.2, -0.15) is 4.31 Å². The van der Waals surface area contributed by atoms with Gasteiger partial charge in [0.05, 0.1) is 17.5 Å². The molecule has 1 aliphatic heterocycles. The van der Waals surface area contributed by atoms with Crippen LogP contribution in [0.4, 0.5) is 0 Å². The Morgan fingerprint density at radius 1 is 1.36 bits per heavy atom. The molecule has 1 fully saturated rings. The molecule has 9 heteroatoms. The van der Waals surface area contributed by atoms with Gasteiger partial charge in [0.25, 0.3) is 0 Å². The summed E-state index contributed by atoms with van der Waals surface area (Å²) in [5.41, 5.74) is 0.473. The van der Waals surface area contributed by atoms with Crippen LogP contribution in [0.5, 0.6) is 0 Å². The molecule has 0 aliphatic carbocycles. The predicted octanol–water partition coefficient (Wildman–Crippen LogP) is 1.33. The van der Waals surface area contributed by atoms with Crippen molar-refractivity contribution in [1.29, 1.82) is 0 Å². The molecule has 2 heterocycles. The van der Waals surface area contributed by atoms with E-state index in [1.54, 1.807) is 0 Å². The van der Waals surface area contributed by atoms with Crippen LogP contribution in [-0.4, -0.2) is 43.0 Å². The number of aromatic nitrogens is 1. The summed E-state index contributed by atoms with van der Waals surface area (Å²) in [5.74, 6) is -1.33. The van der Waals surface area contributed by atoms with Gasteiger partial charge in [-0.15, -0.1) is 0 Å². The molecule has 1 unspecified atom stereocenters. The van der Waals surface area contributed by atoms with E-state index in [9.17, 15) is 18.0 Å². The van der Waals surface area contributed by atoms with Crippen molar-refractivity contribution < 1.29 is 22.4 Å². The van der Waals surface area contributed by atoms with Crippen molar-refractivity contribution in [2.75, 3.05) is 13.7 Å². The van der Waals surface area contributed by atoms with Gasteiger partial charge in [-0.1, -0.05) is 6.42 Å². The topological polar surface area (TPSA) is 98.8 Å². The smallest absolute Gasteiger partial charge is 0.420 e. The number of methoxy groups -OCH3 is 1. The molecular formula is C16H20N2O6S. The van der Waals surface area contributed by atoms with Crippen molar-refractivity contribution in [3.8, 4) is 0 Å². The average Bonchev–Trinajstić information content (AvgIpc) is 2.89. The van der Waals surface area contributed by atoms with Gasteiger partial charge in [-0.3, -0.25) is 9.36 Å². The molecule has 0 N–H and O–H groups in total. The first-order valence-corrected chi connectivity index (χ1v) is 9.50. The van der Waals surface area contributed by atoms with Crippen molar-refractivity contribution >= 4 is 27.1 Å². The second-order valence-corrected chi connectivity index (χ2v) is 8.01. The predicted molar refractivity (Wildman–Crippen MR) is 89.7 cm³/mol. The van der Waals surface area contributed by atoms with Gasteiger partial charge in [0.15, 0.2) is 5.58 Å². The molecule has 1 atom stereocenters. The number of carbonyl (C=O) groups excluding carboxylic acids is 1. The third kappa shape index (κ3) is 3.21. The van der Waals surface area contributed by atoms with E-state index in [0.717, 1.165) is 23.8 Å². The van der Waals surface area contributed by atoms with E-state index in [-0.39, 0.29) is 23.1 Å². The number of esters is 1. The fourth-order valence-corrected chi connectivity index (χ4v) is 4.83. The molecule has 25 heavy (non-hydrogen) atoms. The molecule has 0 amide bonds. The summed E-state index contributed by atoms with van der Waals surface area (Å²) in [7, 11) is -2.44. The van der Waals surface area contributed by atoms with Crippen molar-refractivity contribution in [2.45, 2.75) is 43.7 Å². The van der Waals surface area contributed by atoms with Crippen LogP contribution in [0, 0.1) is 0 Å². The summed E-state index contributed by atoms with van der Waals surface area (Å²) in [6.45, 7) is 2.08. The quantitative estimate of drug-likeness (QED) is 0.755. The third-order valence-corrected chi connectivity index (χ3v) is 6.51. The highest BCUT2D eigenvalue weighted by Gasteiger charge is 2.31. The zero-order valence-corrected chi connectivity index (χ0v) is 14.9. The van der Waals surface area contributed by atoms with Gasteiger partial charge < -0.3 is 9.15 Å². The van der Waals surface area contributed by atoms with E-state index >= 15 is 0 Å². The molecule has 8 nitrogen and oxygen atoms in total. The second-order valence-electron chi connectivity index (χ2n) is 6.12. The number of ether oxygens (including phenoxy) is 1. The maximum Gasteiger partial charge on any atom is 0.420 e. The average molecular weight is 368 g/mol. The zero-order valence-electron chi connectivity index (χ0n) is 14.1. The SMILES string of the molecule is COC(=O)Cn1c(=O)oc2cc(S(=O)(=O)N3CCCCC3C)ccc21. The summed E-state index contributed by atoms with van der Waals surface area (Å²) in [5, 5.41) is 0. The summed E-state index contributed by atoms with van der Waals surface area (Å²) in [4.78, 5) is 23.4. The number of carbonyl (C=O) groups is 1. The Bertz CT molecular complexity index is 959. The number of oxazole rings is 1. The first-order valence-electron chi connectivity index (χ1n) is 8.06. The van der Waals surface area contributed by atoms with Crippen LogP contribution in [0.1, 0.15) is 26.2 Å². The van der Waals surface area contributed by atoms with Gasteiger partial charge in [0.2, 0.25) is 10.0 Å². The van der Waals surface area contributed by atoms with Crippen molar-refractivity contribution in [1.82, 2.24) is 8.87 Å². The molecule has 2 aromatic rings. The highest BCUT2D eigenvalue weighted by Crippen LogP contribution is 2.27. The normalized spacial score (nSPS) is 19.2. The fraction of sp³-hybridized carbons (Fsp3) is 0.500. The Morgan fingerprint density at radius 2 is 2.12 bits per heavy atom. The molecule has 1 aromatic heterocycles. The molecule has 0 saturated carbocycles. The first-order chi connectivity index (χ1) is 11.8. The van der Waals surface area contributed by atoms with Gasteiger partial charge in [-0.25, -0.2) is 13.2 Å². The van der Waals surface area contributed by atoms with E-state index in [0.29, 0.717) is 12.1 Å². The fourth-order valence-electron chi connectivity index (χ4n) is 3.11. The highest BCUT2D eigenvalue weighted by molar-refractivity contribution is 7.89. The molecule has 1 aromatic carbocycles.